The molecule has 4 heteroatoms. The molecular formula is C17H28N2O2. The third kappa shape index (κ3) is 6.52. The van der Waals surface area contributed by atoms with Crippen LogP contribution < -0.4 is 5.32 Å². The molecule has 1 rings (SSSR count). The number of nitrogens with one attached hydrogen (secondary N) is 1. The van der Waals surface area contributed by atoms with Crippen LogP contribution >= 0.6 is 0 Å². The van der Waals surface area contributed by atoms with E-state index in [1.807, 2.05) is 45.0 Å². The quantitative estimate of drug-likeness (QED) is 0.796. The highest BCUT2D eigenvalue weighted by Gasteiger charge is 2.20. The SMILES string of the molecule is CCCCNc1ccccc1CN(C)C(=O)OC(C)(C)C. The molecule has 0 unspecified atom stereocenters. The van der Waals surface area contributed by atoms with E-state index >= 15 is 0 Å². The molecule has 0 atom stereocenters. The lowest BCUT2D eigenvalue weighted by Crippen LogP contribution is -2.34. The second kappa shape index (κ2) is 7.91. The van der Waals surface area contributed by atoms with Gasteiger partial charge in [0.15, 0.2) is 0 Å². The van der Waals surface area contributed by atoms with E-state index in [4.69, 9.17) is 4.74 Å². The summed E-state index contributed by atoms with van der Waals surface area (Å²) in [7, 11) is 1.76. The summed E-state index contributed by atoms with van der Waals surface area (Å²) >= 11 is 0. The Morgan fingerprint density at radius 2 is 1.95 bits per heavy atom. The van der Waals surface area contributed by atoms with Crippen molar-refractivity contribution >= 4 is 11.8 Å². The van der Waals surface area contributed by atoms with Crippen LogP contribution in [0.25, 0.3) is 0 Å². The number of amides is 1. The van der Waals surface area contributed by atoms with Crippen molar-refractivity contribution in [3.63, 3.8) is 0 Å². The van der Waals surface area contributed by atoms with Crippen LogP contribution in [-0.2, 0) is 11.3 Å². The Bertz CT molecular complexity index is 452. The summed E-state index contributed by atoms with van der Waals surface area (Å²) in [5.41, 5.74) is 1.72. The Labute approximate surface area is 128 Å². The van der Waals surface area contributed by atoms with Gasteiger partial charge in [-0.3, -0.25) is 0 Å². The minimum Gasteiger partial charge on any atom is -0.444 e. The molecule has 21 heavy (non-hydrogen) atoms. The number of rotatable bonds is 6. The molecule has 0 fully saturated rings. The highest BCUT2D eigenvalue weighted by molar-refractivity contribution is 5.68. The molecule has 0 bridgehead atoms. The van der Waals surface area contributed by atoms with Gasteiger partial charge in [0.2, 0.25) is 0 Å². The van der Waals surface area contributed by atoms with Gasteiger partial charge in [-0.2, -0.15) is 0 Å². The molecule has 1 N–H and O–H groups in total. The molecule has 0 saturated carbocycles. The van der Waals surface area contributed by atoms with E-state index in [0.29, 0.717) is 6.54 Å². The number of carbonyl (C=O) groups is 1. The average molecular weight is 292 g/mol. The Balaban J connectivity index is 2.67. The van der Waals surface area contributed by atoms with Crippen molar-refractivity contribution in [2.75, 3.05) is 18.9 Å². The van der Waals surface area contributed by atoms with Crippen LogP contribution in [0.2, 0.25) is 0 Å². The molecule has 0 spiro atoms. The fraction of sp³-hybridized carbons (Fsp3) is 0.588. The molecule has 4 nitrogen and oxygen atoms in total. The van der Waals surface area contributed by atoms with Crippen LogP contribution in [0, 0.1) is 0 Å². The van der Waals surface area contributed by atoms with Crippen molar-refractivity contribution in [2.24, 2.45) is 0 Å². The third-order valence-corrected chi connectivity index (χ3v) is 2.98. The van der Waals surface area contributed by atoms with E-state index < -0.39 is 5.60 Å². The van der Waals surface area contributed by atoms with Crippen LogP contribution in [0.3, 0.4) is 0 Å². The fourth-order valence-electron chi connectivity index (χ4n) is 1.89. The first-order chi connectivity index (χ1) is 9.83. The first-order valence-electron chi connectivity index (χ1n) is 7.59. The third-order valence-electron chi connectivity index (χ3n) is 2.98. The lowest BCUT2D eigenvalue weighted by atomic mass is 10.1. The van der Waals surface area contributed by atoms with Crippen molar-refractivity contribution in [3.8, 4) is 0 Å². The Hall–Kier alpha value is -1.71. The second-order valence-corrected chi connectivity index (χ2v) is 6.27. The summed E-state index contributed by atoms with van der Waals surface area (Å²) in [6.07, 6.45) is 1.99. The summed E-state index contributed by atoms with van der Waals surface area (Å²) in [5, 5.41) is 3.43. The minimum atomic E-state index is -0.468. The van der Waals surface area contributed by atoms with Gasteiger partial charge in [0.1, 0.15) is 5.60 Å². The number of anilines is 1. The average Bonchev–Trinajstić information content (AvgIpc) is 2.39. The first kappa shape index (κ1) is 17.3. The zero-order valence-corrected chi connectivity index (χ0v) is 13.9. The molecule has 0 radical (unpaired) electrons. The van der Waals surface area contributed by atoms with Gasteiger partial charge in [0.05, 0.1) is 6.54 Å². The zero-order valence-electron chi connectivity index (χ0n) is 13.9. The standard InChI is InChI=1S/C17H28N2O2/c1-6-7-12-18-15-11-9-8-10-14(15)13-19(5)16(20)21-17(2,3)4/h8-11,18H,6-7,12-13H2,1-5H3. The number of unbranched alkanes of at least 4 members (excludes halogenated alkanes) is 1. The van der Waals surface area contributed by atoms with Gasteiger partial charge >= 0.3 is 6.09 Å². The molecule has 0 saturated heterocycles. The number of hydrogen-bond donors (Lipinski definition) is 1. The number of nitrogens with zero attached hydrogens (tertiary/aromatic N) is 1. The van der Waals surface area contributed by atoms with Gasteiger partial charge in [-0.25, -0.2) is 4.79 Å². The maximum Gasteiger partial charge on any atom is 0.410 e. The van der Waals surface area contributed by atoms with Gasteiger partial charge < -0.3 is 15.0 Å². The molecule has 1 aromatic rings. The zero-order chi connectivity index (χ0) is 15.9. The molecule has 1 amide bonds. The van der Waals surface area contributed by atoms with Crippen molar-refractivity contribution in [1.29, 1.82) is 0 Å². The lowest BCUT2D eigenvalue weighted by Gasteiger charge is -2.25. The van der Waals surface area contributed by atoms with E-state index in [2.05, 4.69) is 12.2 Å². The predicted molar refractivity (Wildman–Crippen MR) is 87.5 cm³/mol. The van der Waals surface area contributed by atoms with E-state index in [1.165, 1.54) is 0 Å². The van der Waals surface area contributed by atoms with Crippen LogP contribution in [0.1, 0.15) is 46.1 Å². The lowest BCUT2D eigenvalue weighted by molar-refractivity contribution is 0.0285. The number of ether oxygens (including phenoxy) is 1. The number of carbonyl (C=O) groups excluding carboxylic acids is 1. The smallest absolute Gasteiger partial charge is 0.410 e. The van der Waals surface area contributed by atoms with E-state index in [1.54, 1.807) is 11.9 Å². The molecule has 0 aromatic heterocycles. The van der Waals surface area contributed by atoms with Crippen LogP contribution in [0.4, 0.5) is 10.5 Å². The molecule has 0 aliphatic heterocycles. The monoisotopic (exact) mass is 292 g/mol. The Morgan fingerprint density at radius 1 is 1.29 bits per heavy atom. The highest BCUT2D eigenvalue weighted by Crippen LogP contribution is 2.18. The van der Waals surface area contributed by atoms with Crippen LogP contribution in [0.5, 0.6) is 0 Å². The molecule has 118 valence electrons. The van der Waals surface area contributed by atoms with E-state index in [9.17, 15) is 4.79 Å². The van der Waals surface area contributed by atoms with Crippen LogP contribution in [0.15, 0.2) is 24.3 Å². The van der Waals surface area contributed by atoms with Crippen LogP contribution in [-0.4, -0.2) is 30.2 Å². The fourth-order valence-corrected chi connectivity index (χ4v) is 1.89. The summed E-state index contributed by atoms with van der Waals surface area (Å²) in [4.78, 5) is 13.6. The van der Waals surface area contributed by atoms with Crippen molar-refractivity contribution in [3.05, 3.63) is 29.8 Å². The topological polar surface area (TPSA) is 41.6 Å². The largest absolute Gasteiger partial charge is 0.444 e. The van der Waals surface area contributed by atoms with Crippen molar-refractivity contribution < 1.29 is 9.53 Å². The van der Waals surface area contributed by atoms with Crippen molar-refractivity contribution in [1.82, 2.24) is 4.90 Å². The maximum absolute atomic E-state index is 12.0. The molecule has 0 aliphatic carbocycles. The van der Waals surface area contributed by atoms with Gasteiger partial charge in [0.25, 0.3) is 0 Å². The molecular weight excluding hydrogens is 264 g/mol. The van der Waals surface area contributed by atoms with E-state index in [0.717, 1.165) is 30.6 Å². The molecule has 1 aromatic carbocycles. The summed E-state index contributed by atoms with van der Waals surface area (Å²) < 4.78 is 5.38. The predicted octanol–water partition coefficient (Wildman–Crippen LogP) is 4.27. The minimum absolute atomic E-state index is 0.300. The van der Waals surface area contributed by atoms with Crippen molar-refractivity contribution in [2.45, 2.75) is 52.7 Å². The van der Waals surface area contributed by atoms with Gasteiger partial charge in [-0.1, -0.05) is 31.5 Å². The maximum atomic E-state index is 12.0. The number of hydrogen-bond acceptors (Lipinski definition) is 3. The summed E-state index contributed by atoms with van der Waals surface area (Å²) in [6, 6.07) is 8.08. The Kier molecular flexibility index (Phi) is 6.53. The Morgan fingerprint density at radius 3 is 2.57 bits per heavy atom. The summed E-state index contributed by atoms with van der Waals surface area (Å²) in [6.45, 7) is 9.27. The number of para-hydroxylation sites is 1. The highest BCUT2D eigenvalue weighted by atomic mass is 16.6. The number of benzene rings is 1. The van der Waals surface area contributed by atoms with Gasteiger partial charge in [0, 0.05) is 19.3 Å². The molecule has 0 heterocycles. The van der Waals surface area contributed by atoms with E-state index in [-0.39, 0.29) is 6.09 Å². The van der Waals surface area contributed by atoms with Gasteiger partial charge in [-0.15, -0.1) is 0 Å². The summed E-state index contributed by atoms with van der Waals surface area (Å²) in [5.74, 6) is 0. The first-order valence-corrected chi connectivity index (χ1v) is 7.59. The van der Waals surface area contributed by atoms with Gasteiger partial charge in [-0.05, 0) is 38.8 Å². The normalized spacial score (nSPS) is 11.1. The molecule has 0 aliphatic rings. The second-order valence-electron chi connectivity index (χ2n) is 6.27.